The predicted octanol–water partition coefficient (Wildman–Crippen LogP) is 3.57. The van der Waals surface area contributed by atoms with Crippen LogP contribution >= 0.6 is 11.6 Å². The number of hydrogen-bond acceptors (Lipinski definition) is 2. The van der Waals surface area contributed by atoms with Crippen LogP contribution in [0, 0.1) is 0 Å². The van der Waals surface area contributed by atoms with Crippen LogP contribution in [0.4, 0.5) is 0 Å². The number of nitrogens with one attached hydrogen (secondary N) is 2. The van der Waals surface area contributed by atoms with Gasteiger partial charge in [0.1, 0.15) is 0 Å². The van der Waals surface area contributed by atoms with Crippen molar-refractivity contribution in [2.45, 2.75) is 12.5 Å². The number of halogens is 1. The Labute approximate surface area is 122 Å². The lowest BCUT2D eigenvalue weighted by atomic mass is 9.99. The molecule has 3 rings (SSSR count). The summed E-state index contributed by atoms with van der Waals surface area (Å²) < 4.78 is 0. The summed E-state index contributed by atoms with van der Waals surface area (Å²) in [5.41, 5.74) is 6.25. The van der Waals surface area contributed by atoms with Gasteiger partial charge in [0.2, 0.25) is 0 Å². The van der Waals surface area contributed by atoms with E-state index in [0.717, 1.165) is 28.1 Å². The summed E-state index contributed by atoms with van der Waals surface area (Å²) in [6.07, 6.45) is 2.75. The van der Waals surface area contributed by atoms with E-state index in [2.05, 4.69) is 22.5 Å². The summed E-state index contributed by atoms with van der Waals surface area (Å²) in [5.74, 6) is 5.75. The van der Waals surface area contributed by atoms with Gasteiger partial charge in [0.05, 0.1) is 6.04 Å². The summed E-state index contributed by atoms with van der Waals surface area (Å²) in [6.45, 7) is 0. The molecule has 4 N–H and O–H groups in total. The molecule has 1 atom stereocenters. The number of para-hydroxylation sites is 1. The molecule has 0 spiro atoms. The fraction of sp³-hybridized carbons (Fsp3) is 0.125. The molecule has 1 unspecified atom stereocenters. The number of rotatable bonds is 4. The van der Waals surface area contributed by atoms with Gasteiger partial charge in [-0.2, -0.15) is 0 Å². The highest BCUT2D eigenvalue weighted by Gasteiger charge is 2.16. The highest BCUT2D eigenvalue weighted by molar-refractivity contribution is 6.31. The summed E-state index contributed by atoms with van der Waals surface area (Å²) in [5, 5.41) is 1.95. The smallest absolute Gasteiger partial charge is 0.0521 e. The fourth-order valence-corrected chi connectivity index (χ4v) is 2.74. The van der Waals surface area contributed by atoms with Crippen molar-refractivity contribution in [3.05, 3.63) is 70.9 Å². The van der Waals surface area contributed by atoms with Gasteiger partial charge in [0, 0.05) is 22.1 Å². The number of hydrogen-bond donors (Lipinski definition) is 3. The normalized spacial score (nSPS) is 12.7. The van der Waals surface area contributed by atoms with Crippen molar-refractivity contribution < 1.29 is 0 Å². The molecule has 0 aliphatic rings. The van der Waals surface area contributed by atoms with Gasteiger partial charge in [-0.15, -0.1) is 0 Å². The summed E-state index contributed by atoms with van der Waals surface area (Å²) in [7, 11) is 0. The Bertz CT molecular complexity index is 720. The Morgan fingerprint density at radius 3 is 2.65 bits per heavy atom. The van der Waals surface area contributed by atoms with Gasteiger partial charge in [0.15, 0.2) is 0 Å². The first-order valence-electron chi connectivity index (χ1n) is 6.55. The van der Waals surface area contributed by atoms with Crippen LogP contribution in [0.15, 0.2) is 54.7 Å². The molecule has 0 amide bonds. The number of benzene rings is 2. The Morgan fingerprint density at radius 1 is 1.10 bits per heavy atom. The number of nitrogens with two attached hydrogens (primary N) is 1. The van der Waals surface area contributed by atoms with E-state index in [1.165, 1.54) is 5.39 Å². The van der Waals surface area contributed by atoms with E-state index in [1.807, 2.05) is 42.6 Å². The standard InChI is InChI=1S/C16H16ClN3/c17-14-7-3-1-5-11(14)9-16(20-18)13-10-19-15-8-4-2-6-12(13)15/h1-8,10,16,19-20H,9,18H2. The third-order valence-electron chi connectivity index (χ3n) is 3.58. The molecular weight excluding hydrogens is 270 g/mol. The molecule has 0 radical (unpaired) electrons. The minimum absolute atomic E-state index is 0.0195. The van der Waals surface area contributed by atoms with E-state index in [-0.39, 0.29) is 6.04 Å². The molecule has 0 bridgehead atoms. The maximum absolute atomic E-state index is 6.23. The van der Waals surface area contributed by atoms with Gasteiger partial charge >= 0.3 is 0 Å². The minimum atomic E-state index is 0.0195. The third-order valence-corrected chi connectivity index (χ3v) is 3.95. The molecule has 0 fully saturated rings. The lowest BCUT2D eigenvalue weighted by Gasteiger charge is -2.16. The van der Waals surface area contributed by atoms with Gasteiger partial charge in [0.25, 0.3) is 0 Å². The van der Waals surface area contributed by atoms with Crippen LogP contribution in [0.2, 0.25) is 5.02 Å². The third kappa shape index (κ3) is 2.43. The van der Waals surface area contributed by atoms with Crippen molar-refractivity contribution >= 4 is 22.5 Å². The monoisotopic (exact) mass is 285 g/mol. The Kier molecular flexibility index (Phi) is 3.74. The zero-order valence-electron chi connectivity index (χ0n) is 10.9. The van der Waals surface area contributed by atoms with Crippen LogP contribution < -0.4 is 11.3 Å². The first-order valence-corrected chi connectivity index (χ1v) is 6.93. The number of aromatic nitrogens is 1. The van der Waals surface area contributed by atoms with Crippen LogP contribution in [0.1, 0.15) is 17.2 Å². The van der Waals surface area contributed by atoms with Crippen molar-refractivity contribution in [1.82, 2.24) is 10.4 Å². The Hall–Kier alpha value is -1.81. The maximum Gasteiger partial charge on any atom is 0.0521 e. The van der Waals surface area contributed by atoms with Crippen molar-refractivity contribution in [3.63, 3.8) is 0 Å². The SMILES string of the molecule is NNC(Cc1ccccc1Cl)c1c[nH]c2ccccc12. The molecule has 2 aromatic carbocycles. The van der Waals surface area contributed by atoms with Crippen LogP contribution in [-0.2, 0) is 6.42 Å². The van der Waals surface area contributed by atoms with E-state index in [0.29, 0.717) is 0 Å². The molecule has 4 heteroatoms. The minimum Gasteiger partial charge on any atom is -0.361 e. The number of aromatic amines is 1. The quantitative estimate of drug-likeness (QED) is 0.507. The van der Waals surface area contributed by atoms with Crippen LogP contribution in [-0.4, -0.2) is 4.98 Å². The first-order chi connectivity index (χ1) is 9.79. The van der Waals surface area contributed by atoms with Gasteiger partial charge in [-0.25, -0.2) is 0 Å². The molecule has 0 saturated carbocycles. The zero-order valence-corrected chi connectivity index (χ0v) is 11.7. The van der Waals surface area contributed by atoms with Gasteiger partial charge < -0.3 is 4.98 Å². The molecule has 1 aromatic heterocycles. The highest BCUT2D eigenvalue weighted by Crippen LogP contribution is 2.28. The van der Waals surface area contributed by atoms with Crippen molar-refractivity contribution in [3.8, 4) is 0 Å². The van der Waals surface area contributed by atoms with Crippen LogP contribution in [0.5, 0.6) is 0 Å². The fourth-order valence-electron chi connectivity index (χ4n) is 2.52. The van der Waals surface area contributed by atoms with Gasteiger partial charge in [-0.3, -0.25) is 11.3 Å². The lowest BCUT2D eigenvalue weighted by Crippen LogP contribution is -2.29. The highest BCUT2D eigenvalue weighted by atomic mass is 35.5. The second-order valence-electron chi connectivity index (χ2n) is 4.80. The second kappa shape index (κ2) is 5.67. The average molecular weight is 286 g/mol. The molecule has 3 nitrogen and oxygen atoms in total. The molecule has 3 aromatic rings. The molecule has 0 aliphatic carbocycles. The van der Waals surface area contributed by atoms with Crippen molar-refractivity contribution in [2.24, 2.45) is 5.84 Å². The average Bonchev–Trinajstić information content (AvgIpc) is 2.90. The molecule has 1 heterocycles. The van der Waals surface area contributed by atoms with Crippen LogP contribution in [0.25, 0.3) is 10.9 Å². The van der Waals surface area contributed by atoms with E-state index >= 15 is 0 Å². The van der Waals surface area contributed by atoms with Gasteiger partial charge in [-0.1, -0.05) is 48.0 Å². The lowest BCUT2D eigenvalue weighted by molar-refractivity contribution is 0.555. The summed E-state index contributed by atoms with van der Waals surface area (Å²) in [4.78, 5) is 3.27. The van der Waals surface area contributed by atoms with Crippen molar-refractivity contribution in [1.29, 1.82) is 0 Å². The number of H-pyrrole nitrogens is 1. The molecule has 20 heavy (non-hydrogen) atoms. The molecule has 102 valence electrons. The predicted molar refractivity (Wildman–Crippen MR) is 83.5 cm³/mol. The summed E-state index contributed by atoms with van der Waals surface area (Å²) >= 11 is 6.23. The molecule has 0 aliphatic heterocycles. The molecule has 0 saturated heterocycles. The summed E-state index contributed by atoms with van der Waals surface area (Å²) in [6, 6.07) is 16.1. The van der Waals surface area contributed by atoms with Crippen molar-refractivity contribution in [2.75, 3.05) is 0 Å². The van der Waals surface area contributed by atoms with E-state index in [9.17, 15) is 0 Å². The largest absolute Gasteiger partial charge is 0.361 e. The zero-order chi connectivity index (χ0) is 13.9. The maximum atomic E-state index is 6.23. The second-order valence-corrected chi connectivity index (χ2v) is 5.21. The molecular formula is C16H16ClN3. The van der Waals surface area contributed by atoms with E-state index in [4.69, 9.17) is 17.4 Å². The van der Waals surface area contributed by atoms with Crippen LogP contribution in [0.3, 0.4) is 0 Å². The number of fused-ring (bicyclic) bond motifs is 1. The van der Waals surface area contributed by atoms with Gasteiger partial charge in [-0.05, 0) is 29.7 Å². The Balaban J connectivity index is 1.96. The first kappa shape index (κ1) is 13.2. The number of hydrazine groups is 1. The van der Waals surface area contributed by atoms with E-state index < -0.39 is 0 Å². The Morgan fingerprint density at radius 2 is 1.85 bits per heavy atom. The topological polar surface area (TPSA) is 53.8 Å². The van der Waals surface area contributed by atoms with E-state index in [1.54, 1.807) is 0 Å².